The molecule has 0 aliphatic heterocycles. The van der Waals surface area contributed by atoms with E-state index in [9.17, 15) is 0 Å². The normalized spacial score (nSPS) is 11.3. The fraction of sp³-hybridized carbons (Fsp3) is 0.125. The van der Waals surface area contributed by atoms with Crippen molar-refractivity contribution < 1.29 is 0 Å². The Morgan fingerprint density at radius 3 is 2.87 bits per heavy atom. The van der Waals surface area contributed by atoms with Crippen LogP contribution in [0.1, 0.15) is 5.01 Å². The molecule has 7 heteroatoms. The standard InChI is InChI=1S/C8H5BrN4S2/c1-4-12-13-7(10-11-8(13)14-4)5-2-3-6(9)15-5/h2-3H,1H3. The summed E-state index contributed by atoms with van der Waals surface area (Å²) in [6.45, 7) is 1.97. The van der Waals surface area contributed by atoms with Crippen LogP contribution < -0.4 is 0 Å². The van der Waals surface area contributed by atoms with Gasteiger partial charge in [0.05, 0.1) is 8.66 Å². The van der Waals surface area contributed by atoms with Gasteiger partial charge in [-0.05, 0) is 35.0 Å². The van der Waals surface area contributed by atoms with Crippen molar-refractivity contribution in [2.24, 2.45) is 0 Å². The minimum atomic E-state index is 0.810. The average molecular weight is 301 g/mol. The molecule has 0 aliphatic rings. The predicted octanol–water partition coefficient (Wildman–Crippen LogP) is 2.99. The highest BCUT2D eigenvalue weighted by atomic mass is 79.9. The maximum absolute atomic E-state index is 4.36. The van der Waals surface area contributed by atoms with Crippen LogP contribution in [0.25, 0.3) is 15.7 Å². The Labute approximate surface area is 102 Å². The third-order valence-corrected chi connectivity index (χ3v) is 4.32. The Kier molecular flexibility index (Phi) is 2.11. The first-order chi connectivity index (χ1) is 7.24. The zero-order valence-corrected chi connectivity index (χ0v) is 10.9. The Morgan fingerprint density at radius 2 is 2.13 bits per heavy atom. The van der Waals surface area contributed by atoms with E-state index in [4.69, 9.17) is 0 Å². The molecule has 3 aromatic heterocycles. The van der Waals surface area contributed by atoms with Crippen LogP contribution in [0.5, 0.6) is 0 Å². The number of hydrogen-bond donors (Lipinski definition) is 0. The summed E-state index contributed by atoms with van der Waals surface area (Å²) in [7, 11) is 0. The third-order valence-electron chi connectivity index (χ3n) is 1.89. The summed E-state index contributed by atoms with van der Waals surface area (Å²) in [5.41, 5.74) is 0. The van der Waals surface area contributed by atoms with Gasteiger partial charge in [0.15, 0.2) is 5.82 Å². The summed E-state index contributed by atoms with van der Waals surface area (Å²) < 4.78 is 2.87. The minimum Gasteiger partial charge on any atom is -0.182 e. The Bertz CT molecular complexity index is 623. The molecule has 0 aliphatic carbocycles. The first-order valence-electron chi connectivity index (χ1n) is 4.18. The third kappa shape index (κ3) is 1.51. The van der Waals surface area contributed by atoms with E-state index in [1.807, 2.05) is 19.1 Å². The van der Waals surface area contributed by atoms with E-state index in [0.717, 1.165) is 24.5 Å². The maximum atomic E-state index is 4.36. The van der Waals surface area contributed by atoms with Crippen LogP contribution in [-0.2, 0) is 0 Å². The molecule has 0 unspecified atom stereocenters. The van der Waals surface area contributed by atoms with Crippen molar-refractivity contribution in [3.05, 3.63) is 20.9 Å². The Hall–Kier alpha value is -0.790. The fourth-order valence-electron chi connectivity index (χ4n) is 1.30. The molecule has 76 valence electrons. The van der Waals surface area contributed by atoms with Gasteiger partial charge in [-0.1, -0.05) is 11.3 Å². The largest absolute Gasteiger partial charge is 0.234 e. The highest BCUT2D eigenvalue weighted by Crippen LogP contribution is 2.30. The van der Waals surface area contributed by atoms with Gasteiger partial charge < -0.3 is 0 Å². The van der Waals surface area contributed by atoms with Gasteiger partial charge in [0.2, 0.25) is 4.96 Å². The van der Waals surface area contributed by atoms with Crippen molar-refractivity contribution in [2.75, 3.05) is 0 Å². The van der Waals surface area contributed by atoms with Gasteiger partial charge in [0.1, 0.15) is 5.01 Å². The lowest BCUT2D eigenvalue weighted by molar-refractivity contribution is 0.943. The van der Waals surface area contributed by atoms with E-state index >= 15 is 0 Å². The molecule has 0 amide bonds. The van der Waals surface area contributed by atoms with Crippen molar-refractivity contribution in [1.82, 2.24) is 19.8 Å². The number of thiophene rings is 1. The second kappa shape index (κ2) is 3.36. The van der Waals surface area contributed by atoms with Gasteiger partial charge in [-0.3, -0.25) is 0 Å². The summed E-state index contributed by atoms with van der Waals surface area (Å²) >= 11 is 6.60. The molecule has 0 atom stereocenters. The number of rotatable bonds is 1. The van der Waals surface area contributed by atoms with Crippen molar-refractivity contribution in [3.63, 3.8) is 0 Å². The molecule has 15 heavy (non-hydrogen) atoms. The van der Waals surface area contributed by atoms with E-state index in [2.05, 4.69) is 31.2 Å². The van der Waals surface area contributed by atoms with Gasteiger partial charge in [0.25, 0.3) is 0 Å². The van der Waals surface area contributed by atoms with Crippen molar-refractivity contribution >= 4 is 43.6 Å². The number of fused-ring (bicyclic) bond motifs is 1. The molecule has 0 N–H and O–H groups in total. The van der Waals surface area contributed by atoms with Crippen molar-refractivity contribution in [3.8, 4) is 10.7 Å². The molecule has 0 radical (unpaired) electrons. The lowest BCUT2D eigenvalue weighted by atomic mass is 10.4. The van der Waals surface area contributed by atoms with Crippen LogP contribution in [0, 0.1) is 6.92 Å². The second-order valence-corrected chi connectivity index (χ2v) is 6.57. The highest BCUT2D eigenvalue weighted by molar-refractivity contribution is 9.11. The van der Waals surface area contributed by atoms with Gasteiger partial charge >= 0.3 is 0 Å². The molecule has 0 bridgehead atoms. The average Bonchev–Trinajstić information content (AvgIpc) is 2.80. The zero-order chi connectivity index (χ0) is 10.4. The Morgan fingerprint density at radius 1 is 1.27 bits per heavy atom. The zero-order valence-electron chi connectivity index (χ0n) is 7.64. The van der Waals surface area contributed by atoms with Crippen LogP contribution in [0.15, 0.2) is 15.9 Å². The molecule has 0 saturated carbocycles. The van der Waals surface area contributed by atoms with Crippen molar-refractivity contribution in [1.29, 1.82) is 0 Å². The SMILES string of the molecule is Cc1nn2c(-c3ccc(Br)s3)nnc2s1. The topological polar surface area (TPSA) is 43.1 Å². The molecule has 0 aromatic carbocycles. The molecular weight excluding hydrogens is 296 g/mol. The molecule has 0 spiro atoms. The lowest BCUT2D eigenvalue weighted by Crippen LogP contribution is -1.87. The molecule has 4 nitrogen and oxygen atoms in total. The number of aryl methyl sites for hydroxylation is 1. The number of hydrogen-bond acceptors (Lipinski definition) is 5. The van der Waals surface area contributed by atoms with Gasteiger partial charge in [-0.15, -0.1) is 21.5 Å². The van der Waals surface area contributed by atoms with Crippen LogP contribution in [0.3, 0.4) is 0 Å². The van der Waals surface area contributed by atoms with E-state index in [1.54, 1.807) is 27.2 Å². The van der Waals surface area contributed by atoms with Crippen LogP contribution in [0.4, 0.5) is 0 Å². The predicted molar refractivity (Wildman–Crippen MR) is 64.4 cm³/mol. The first-order valence-corrected chi connectivity index (χ1v) is 6.61. The quantitative estimate of drug-likeness (QED) is 0.694. The second-order valence-electron chi connectivity index (χ2n) is 2.94. The lowest BCUT2D eigenvalue weighted by Gasteiger charge is -1.88. The van der Waals surface area contributed by atoms with Gasteiger partial charge in [0, 0.05) is 0 Å². The summed E-state index contributed by atoms with van der Waals surface area (Å²) in [6.07, 6.45) is 0. The van der Waals surface area contributed by atoms with E-state index in [0.29, 0.717) is 0 Å². The smallest absolute Gasteiger partial charge is 0.182 e. The molecule has 3 rings (SSSR count). The number of aromatic nitrogens is 4. The molecule has 3 aromatic rings. The van der Waals surface area contributed by atoms with E-state index in [1.165, 1.54) is 0 Å². The summed E-state index contributed by atoms with van der Waals surface area (Å²) in [4.78, 5) is 1.91. The summed E-state index contributed by atoms with van der Waals surface area (Å²) in [5, 5.41) is 13.6. The van der Waals surface area contributed by atoms with E-state index < -0.39 is 0 Å². The van der Waals surface area contributed by atoms with Crippen molar-refractivity contribution in [2.45, 2.75) is 6.92 Å². The minimum absolute atomic E-state index is 0.810. The first kappa shape index (κ1) is 9.44. The Balaban J connectivity index is 2.26. The molecule has 0 fully saturated rings. The molecular formula is C8H5BrN4S2. The fourth-order valence-corrected chi connectivity index (χ4v) is 3.34. The number of halogens is 1. The van der Waals surface area contributed by atoms with Crippen LogP contribution in [-0.4, -0.2) is 19.8 Å². The van der Waals surface area contributed by atoms with Gasteiger partial charge in [-0.2, -0.15) is 9.61 Å². The summed E-state index contributed by atoms with van der Waals surface area (Å²) in [6, 6.07) is 4.01. The maximum Gasteiger partial charge on any atom is 0.234 e. The van der Waals surface area contributed by atoms with E-state index in [-0.39, 0.29) is 0 Å². The molecule has 0 saturated heterocycles. The summed E-state index contributed by atoms with van der Waals surface area (Å²) in [5.74, 6) is 0.810. The van der Waals surface area contributed by atoms with Crippen LogP contribution >= 0.6 is 38.6 Å². The number of nitrogens with zero attached hydrogens (tertiary/aromatic N) is 4. The highest BCUT2D eigenvalue weighted by Gasteiger charge is 2.13. The molecule has 3 heterocycles. The van der Waals surface area contributed by atoms with Crippen LogP contribution in [0.2, 0.25) is 0 Å². The monoisotopic (exact) mass is 300 g/mol. The van der Waals surface area contributed by atoms with Gasteiger partial charge in [-0.25, -0.2) is 0 Å².